The van der Waals surface area contributed by atoms with Crippen molar-refractivity contribution >= 4 is 24.0 Å². The molecule has 2 aliphatic rings. The zero-order chi connectivity index (χ0) is 18.4. The average molecular weight is 399 g/mol. The van der Waals surface area contributed by atoms with Gasteiger partial charge in [0.25, 0.3) is 0 Å². The normalized spacial score (nSPS) is 16.2. The Hall–Kier alpha value is -2.64. The number of halogens is 1. The van der Waals surface area contributed by atoms with Gasteiger partial charge in [0.2, 0.25) is 5.91 Å². The lowest BCUT2D eigenvalue weighted by molar-refractivity contribution is -0.117. The number of carbonyl (C=O) groups excluding carboxylic acids is 1. The minimum Gasteiger partial charge on any atom is -0.312 e. The number of hydrogen-bond acceptors (Lipinski definition) is 4. The Bertz CT molecular complexity index is 1000. The highest BCUT2D eigenvalue weighted by Crippen LogP contribution is 2.29. The van der Waals surface area contributed by atoms with Crippen molar-refractivity contribution in [3.8, 4) is 17.2 Å². The maximum absolute atomic E-state index is 12.2. The summed E-state index contributed by atoms with van der Waals surface area (Å²) in [5.41, 5.74) is 5.14. The van der Waals surface area contributed by atoms with Crippen LogP contribution in [0.1, 0.15) is 24.1 Å². The van der Waals surface area contributed by atoms with Crippen molar-refractivity contribution in [1.82, 2.24) is 24.6 Å². The number of anilines is 1. The summed E-state index contributed by atoms with van der Waals surface area (Å²) < 4.78 is 4.10. The van der Waals surface area contributed by atoms with E-state index in [0.717, 1.165) is 61.1 Å². The van der Waals surface area contributed by atoms with Crippen LogP contribution < -0.4 is 10.2 Å². The van der Waals surface area contributed by atoms with Crippen molar-refractivity contribution in [3.05, 3.63) is 47.9 Å². The minimum atomic E-state index is 0. The molecule has 1 fully saturated rings. The number of carbonyl (C=O) groups is 1. The van der Waals surface area contributed by atoms with Gasteiger partial charge in [-0.2, -0.15) is 5.10 Å². The predicted molar refractivity (Wildman–Crippen MR) is 110 cm³/mol. The largest absolute Gasteiger partial charge is 0.312 e. The van der Waals surface area contributed by atoms with Gasteiger partial charge in [0.15, 0.2) is 5.82 Å². The fourth-order valence-electron chi connectivity index (χ4n) is 3.94. The number of amides is 1. The smallest absolute Gasteiger partial charge is 0.227 e. The minimum absolute atomic E-state index is 0. The number of nitrogens with one attached hydrogen (secondary N) is 1. The molecule has 1 aromatic carbocycles. The number of nitrogens with zero attached hydrogens (tertiary/aromatic N) is 5. The number of aromatic nitrogens is 4. The summed E-state index contributed by atoms with van der Waals surface area (Å²) in [6.07, 6.45) is 5.31. The van der Waals surface area contributed by atoms with Gasteiger partial charge < -0.3 is 10.2 Å². The topological polar surface area (TPSA) is 68.0 Å². The fourth-order valence-corrected chi connectivity index (χ4v) is 3.94. The summed E-state index contributed by atoms with van der Waals surface area (Å²) in [4.78, 5) is 18.7. The van der Waals surface area contributed by atoms with Crippen molar-refractivity contribution in [1.29, 1.82) is 0 Å². The van der Waals surface area contributed by atoms with E-state index in [1.165, 1.54) is 5.69 Å². The summed E-state index contributed by atoms with van der Waals surface area (Å²) in [7, 11) is 0. The predicted octanol–water partition coefficient (Wildman–Crippen LogP) is 2.70. The first-order chi connectivity index (χ1) is 13.2. The Kier molecular flexibility index (Phi) is 4.95. The SMILES string of the molecule is Cc1ccc(-n2ccnc2-c2cc3n(n2)CCNC3)cc1N1CCCC1=O.Cl. The van der Waals surface area contributed by atoms with Gasteiger partial charge in [0.05, 0.1) is 12.2 Å². The van der Waals surface area contributed by atoms with Crippen molar-refractivity contribution in [2.75, 3.05) is 18.0 Å². The van der Waals surface area contributed by atoms with Crippen LogP contribution in [-0.2, 0) is 17.9 Å². The van der Waals surface area contributed by atoms with Gasteiger partial charge in [-0.3, -0.25) is 14.0 Å². The maximum Gasteiger partial charge on any atom is 0.227 e. The van der Waals surface area contributed by atoms with E-state index in [-0.39, 0.29) is 18.3 Å². The van der Waals surface area contributed by atoms with Crippen LogP contribution in [0, 0.1) is 6.92 Å². The number of imidazole rings is 1. The van der Waals surface area contributed by atoms with E-state index in [1.54, 1.807) is 6.20 Å². The molecule has 5 rings (SSSR count). The van der Waals surface area contributed by atoms with Crippen LogP contribution >= 0.6 is 12.4 Å². The molecule has 0 saturated carbocycles. The molecule has 0 atom stereocenters. The van der Waals surface area contributed by atoms with Gasteiger partial charge in [-0.15, -0.1) is 12.4 Å². The molecule has 28 heavy (non-hydrogen) atoms. The quantitative estimate of drug-likeness (QED) is 0.736. The number of aryl methyl sites for hydroxylation is 1. The van der Waals surface area contributed by atoms with Gasteiger partial charge in [0.1, 0.15) is 5.69 Å². The van der Waals surface area contributed by atoms with Gasteiger partial charge in [-0.25, -0.2) is 4.98 Å². The molecule has 2 aromatic heterocycles. The number of fused-ring (bicyclic) bond motifs is 1. The third-order valence-electron chi connectivity index (χ3n) is 5.37. The number of hydrogen-bond donors (Lipinski definition) is 1. The van der Waals surface area contributed by atoms with Crippen LogP contribution in [0.4, 0.5) is 5.69 Å². The Morgan fingerprint density at radius 3 is 2.86 bits per heavy atom. The average Bonchev–Trinajstić information content (AvgIpc) is 3.40. The van der Waals surface area contributed by atoms with E-state index in [2.05, 4.69) is 41.5 Å². The molecule has 1 amide bonds. The van der Waals surface area contributed by atoms with Crippen LogP contribution in [0.2, 0.25) is 0 Å². The molecular formula is C20H23ClN6O. The maximum atomic E-state index is 12.2. The molecule has 1 N–H and O–H groups in total. The lowest BCUT2D eigenvalue weighted by Gasteiger charge is -2.20. The lowest BCUT2D eigenvalue weighted by atomic mass is 10.1. The molecule has 7 nitrogen and oxygen atoms in total. The van der Waals surface area contributed by atoms with Crippen LogP contribution in [-0.4, -0.2) is 38.3 Å². The van der Waals surface area contributed by atoms with Gasteiger partial charge in [0, 0.05) is 49.8 Å². The molecule has 4 heterocycles. The Morgan fingerprint density at radius 1 is 1.18 bits per heavy atom. The van der Waals surface area contributed by atoms with E-state index in [4.69, 9.17) is 5.10 Å². The van der Waals surface area contributed by atoms with Crippen LogP contribution in [0.25, 0.3) is 17.2 Å². The van der Waals surface area contributed by atoms with Crippen molar-refractivity contribution < 1.29 is 4.79 Å². The van der Waals surface area contributed by atoms with Crippen LogP contribution in [0.3, 0.4) is 0 Å². The highest BCUT2D eigenvalue weighted by molar-refractivity contribution is 5.96. The fraction of sp³-hybridized carbons (Fsp3) is 0.350. The number of rotatable bonds is 3. The first kappa shape index (κ1) is 18.7. The van der Waals surface area contributed by atoms with E-state index in [1.807, 2.05) is 20.3 Å². The third-order valence-corrected chi connectivity index (χ3v) is 5.37. The standard InChI is InChI=1S/C20H22N6O.ClH/c1-14-4-5-15(12-18(14)25-8-2-3-19(25)27)24-9-7-22-20(24)17-11-16-13-21-6-10-26(16)23-17;/h4-5,7,9,11-12,21H,2-3,6,8,10,13H2,1H3;1H. The van der Waals surface area contributed by atoms with Crippen molar-refractivity contribution in [3.63, 3.8) is 0 Å². The van der Waals surface area contributed by atoms with Crippen molar-refractivity contribution in [2.24, 2.45) is 0 Å². The molecule has 146 valence electrons. The molecule has 0 bridgehead atoms. The Labute approximate surface area is 169 Å². The Balaban J connectivity index is 0.00000192. The van der Waals surface area contributed by atoms with Gasteiger partial charge in [-0.05, 0) is 37.1 Å². The summed E-state index contributed by atoms with van der Waals surface area (Å²) in [6.45, 7) is 5.49. The number of benzene rings is 1. The molecule has 0 spiro atoms. The van der Waals surface area contributed by atoms with Crippen LogP contribution in [0.15, 0.2) is 36.7 Å². The summed E-state index contributed by atoms with van der Waals surface area (Å²) in [5.74, 6) is 1.02. The van der Waals surface area contributed by atoms with E-state index < -0.39 is 0 Å². The van der Waals surface area contributed by atoms with E-state index in [0.29, 0.717) is 6.42 Å². The highest BCUT2D eigenvalue weighted by atomic mass is 35.5. The van der Waals surface area contributed by atoms with E-state index >= 15 is 0 Å². The third kappa shape index (κ3) is 3.10. The first-order valence-electron chi connectivity index (χ1n) is 9.43. The highest BCUT2D eigenvalue weighted by Gasteiger charge is 2.24. The summed E-state index contributed by atoms with van der Waals surface area (Å²) in [6, 6.07) is 8.33. The molecule has 1 saturated heterocycles. The zero-order valence-corrected chi connectivity index (χ0v) is 16.6. The molecule has 2 aliphatic heterocycles. The monoisotopic (exact) mass is 398 g/mol. The molecule has 0 unspecified atom stereocenters. The van der Waals surface area contributed by atoms with Crippen LogP contribution in [0.5, 0.6) is 0 Å². The molecule has 8 heteroatoms. The molecule has 0 aliphatic carbocycles. The lowest BCUT2D eigenvalue weighted by Crippen LogP contribution is -2.28. The summed E-state index contributed by atoms with van der Waals surface area (Å²) in [5, 5.41) is 8.11. The van der Waals surface area contributed by atoms with Gasteiger partial charge in [-0.1, -0.05) is 6.07 Å². The second-order valence-electron chi connectivity index (χ2n) is 7.16. The van der Waals surface area contributed by atoms with Crippen molar-refractivity contribution in [2.45, 2.75) is 32.9 Å². The zero-order valence-electron chi connectivity index (χ0n) is 15.8. The molecular weight excluding hydrogens is 376 g/mol. The molecule has 3 aromatic rings. The molecule has 0 radical (unpaired) electrons. The second-order valence-corrected chi connectivity index (χ2v) is 7.16. The second kappa shape index (κ2) is 7.41. The first-order valence-corrected chi connectivity index (χ1v) is 9.43. The summed E-state index contributed by atoms with van der Waals surface area (Å²) >= 11 is 0. The van der Waals surface area contributed by atoms with Gasteiger partial charge >= 0.3 is 0 Å². The van der Waals surface area contributed by atoms with E-state index in [9.17, 15) is 4.79 Å². The Morgan fingerprint density at radius 2 is 2.07 bits per heavy atom.